The second kappa shape index (κ2) is 5.23. The van der Waals surface area contributed by atoms with Crippen molar-refractivity contribution in [2.45, 2.75) is 18.8 Å². The predicted molar refractivity (Wildman–Crippen MR) is 75.7 cm³/mol. The van der Waals surface area contributed by atoms with Crippen LogP contribution < -0.4 is 4.74 Å². The van der Waals surface area contributed by atoms with Crippen LogP contribution in [0.4, 0.5) is 0 Å². The minimum atomic E-state index is -3.12. The number of ether oxygens (including phenoxy) is 1. The second-order valence-electron chi connectivity index (χ2n) is 5.14. The Bertz CT molecular complexity index is 749. The van der Waals surface area contributed by atoms with Crippen LogP contribution in [0.5, 0.6) is 5.88 Å². The summed E-state index contributed by atoms with van der Waals surface area (Å²) in [6.07, 6.45) is 2.67. The van der Waals surface area contributed by atoms with E-state index in [1.807, 2.05) is 0 Å². The quantitative estimate of drug-likeness (QED) is 0.808. The van der Waals surface area contributed by atoms with Crippen LogP contribution in [0.25, 0.3) is 5.65 Å². The number of methoxy groups -OCH3 is 1. The van der Waals surface area contributed by atoms with Crippen LogP contribution in [0.1, 0.15) is 24.6 Å². The first-order valence-electron chi connectivity index (χ1n) is 6.70. The summed E-state index contributed by atoms with van der Waals surface area (Å²) in [5, 5.41) is 12.6. The van der Waals surface area contributed by atoms with Gasteiger partial charge in [0, 0.05) is 25.1 Å². The maximum absolute atomic E-state index is 11.5. The lowest BCUT2D eigenvalue weighted by atomic mass is 9.97. The molecule has 8 nitrogen and oxygen atoms in total. The highest BCUT2D eigenvalue weighted by Crippen LogP contribution is 2.28. The van der Waals surface area contributed by atoms with Gasteiger partial charge >= 0.3 is 0 Å². The van der Waals surface area contributed by atoms with Gasteiger partial charge in [-0.2, -0.15) is 4.52 Å². The van der Waals surface area contributed by atoms with Crippen molar-refractivity contribution in [3.05, 3.63) is 18.0 Å². The summed E-state index contributed by atoms with van der Waals surface area (Å²) in [6, 6.07) is 3.54. The first-order chi connectivity index (χ1) is 9.99. The van der Waals surface area contributed by atoms with E-state index >= 15 is 0 Å². The van der Waals surface area contributed by atoms with Gasteiger partial charge in [0.15, 0.2) is 11.5 Å². The normalized spacial score (nSPS) is 18.2. The molecule has 9 heteroatoms. The molecule has 0 saturated carbocycles. The van der Waals surface area contributed by atoms with E-state index in [-0.39, 0.29) is 5.92 Å². The molecule has 0 amide bonds. The number of piperidine rings is 1. The van der Waals surface area contributed by atoms with Crippen LogP contribution in [0.15, 0.2) is 12.1 Å². The third-order valence-electron chi connectivity index (χ3n) is 3.76. The van der Waals surface area contributed by atoms with Gasteiger partial charge in [-0.3, -0.25) is 0 Å². The van der Waals surface area contributed by atoms with Gasteiger partial charge in [0.2, 0.25) is 15.9 Å². The zero-order chi connectivity index (χ0) is 15.0. The maximum Gasteiger partial charge on any atom is 0.231 e. The Balaban J connectivity index is 1.85. The molecule has 0 aliphatic carbocycles. The van der Waals surface area contributed by atoms with Crippen molar-refractivity contribution in [2.24, 2.45) is 0 Å². The molecule has 0 radical (unpaired) electrons. The summed E-state index contributed by atoms with van der Waals surface area (Å²) in [5.41, 5.74) is 0.663. The highest BCUT2D eigenvalue weighted by molar-refractivity contribution is 7.88. The molecule has 0 spiro atoms. The first-order valence-corrected chi connectivity index (χ1v) is 8.55. The summed E-state index contributed by atoms with van der Waals surface area (Å²) in [7, 11) is -1.56. The minimum Gasteiger partial charge on any atom is -0.480 e. The van der Waals surface area contributed by atoms with Gasteiger partial charge < -0.3 is 4.74 Å². The van der Waals surface area contributed by atoms with Crippen molar-refractivity contribution in [3.63, 3.8) is 0 Å². The van der Waals surface area contributed by atoms with Crippen LogP contribution in [-0.2, 0) is 10.0 Å². The zero-order valence-electron chi connectivity index (χ0n) is 11.9. The van der Waals surface area contributed by atoms with Crippen molar-refractivity contribution in [1.82, 2.24) is 24.1 Å². The summed E-state index contributed by atoms with van der Waals surface area (Å²) >= 11 is 0. The maximum atomic E-state index is 11.5. The van der Waals surface area contributed by atoms with E-state index in [0.29, 0.717) is 37.5 Å². The molecular weight excluding hydrogens is 294 g/mol. The number of sulfonamides is 1. The van der Waals surface area contributed by atoms with Gasteiger partial charge in [0.1, 0.15) is 0 Å². The molecule has 0 N–H and O–H groups in total. The Morgan fingerprint density at radius 1 is 1.24 bits per heavy atom. The standard InChI is InChI=1S/C12H17N5O3S/c1-20-11-4-3-10-13-14-12(17(10)15-11)9-5-7-16(8-6-9)21(2,18)19/h3-4,9H,5-8H2,1-2H3. The number of aromatic nitrogens is 4. The average molecular weight is 311 g/mol. The van der Waals surface area contributed by atoms with Crippen LogP contribution in [-0.4, -0.2) is 59.0 Å². The second-order valence-corrected chi connectivity index (χ2v) is 7.12. The molecule has 2 aromatic heterocycles. The van der Waals surface area contributed by atoms with E-state index in [2.05, 4.69) is 15.3 Å². The SMILES string of the molecule is COc1ccc2nnc(C3CCN(S(C)(=O)=O)CC3)n2n1. The fourth-order valence-electron chi connectivity index (χ4n) is 2.60. The van der Waals surface area contributed by atoms with Crippen molar-refractivity contribution in [1.29, 1.82) is 0 Å². The third kappa shape index (κ3) is 2.70. The molecule has 3 heterocycles. The van der Waals surface area contributed by atoms with E-state index in [4.69, 9.17) is 4.74 Å². The molecule has 1 aliphatic heterocycles. The van der Waals surface area contributed by atoms with Crippen LogP contribution >= 0.6 is 0 Å². The van der Waals surface area contributed by atoms with Crippen molar-refractivity contribution < 1.29 is 13.2 Å². The van der Waals surface area contributed by atoms with Gasteiger partial charge in [-0.25, -0.2) is 12.7 Å². The van der Waals surface area contributed by atoms with Crippen LogP contribution in [0.2, 0.25) is 0 Å². The van der Waals surface area contributed by atoms with E-state index in [0.717, 1.165) is 5.82 Å². The first kappa shape index (κ1) is 14.2. The Labute approximate surface area is 122 Å². The number of hydrogen-bond acceptors (Lipinski definition) is 6. The minimum absolute atomic E-state index is 0.151. The number of fused-ring (bicyclic) bond motifs is 1. The Kier molecular flexibility index (Phi) is 3.54. The van der Waals surface area contributed by atoms with E-state index in [9.17, 15) is 8.42 Å². The van der Waals surface area contributed by atoms with E-state index in [1.165, 1.54) is 10.6 Å². The number of hydrogen-bond donors (Lipinski definition) is 0. The lowest BCUT2D eigenvalue weighted by Crippen LogP contribution is -2.37. The van der Waals surface area contributed by atoms with Crippen molar-refractivity contribution >= 4 is 15.7 Å². The van der Waals surface area contributed by atoms with Gasteiger partial charge in [-0.15, -0.1) is 15.3 Å². The lowest BCUT2D eigenvalue weighted by molar-refractivity contribution is 0.312. The molecule has 0 unspecified atom stereocenters. The van der Waals surface area contributed by atoms with Gasteiger partial charge in [-0.1, -0.05) is 0 Å². The largest absolute Gasteiger partial charge is 0.480 e. The van der Waals surface area contributed by atoms with Crippen molar-refractivity contribution in [3.8, 4) is 5.88 Å². The molecule has 1 fully saturated rings. The average Bonchev–Trinajstić information content (AvgIpc) is 2.89. The smallest absolute Gasteiger partial charge is 0.231 e. The summed E-state index contributed by atoms with van der Waals surface area (Å²) < 4.78 is 31.4. The molecule has 0 atom stereocenters. The molecule has 1 aliphatic rings. The predicted octanol–water partition coefficient (Wildman–Crippen LogP) is 0.272. The Hall–Kier alpha value is -1.74. The number of rotatable bonds is 3. The zero-order valence-corrected chi connectivity index (χ0v) is 12.7. The lowest BCUT2D eigenvalue weighted by Gasteiger charge is -2.29. The summed E-state index contributed by atoms with van der Waals surface area (Å²) in [4.78, 5) is 0. The molecule has 3 rings (SSSR count). The van der Waals surface area contributed by atoms with Gasteiger partial charge in [0.25, 0.3) is 0 Å². The Morgan fingerprint density at radius 2 is 1.95 bits per heavy atom. The molecule has 2 aromatic rings. The van der Waals surface area contributed by atoms with Gasteiger partial charge in [0.05, 0.1) is 13.4 Å². The molecule has 21 heavy (non-hydrogen) atoms. The fraction of sp³-hybridized carbons (Fsp3) is 0.583. The highest BCUT2D eigenvalue weighted by atomic mass is 32.2. The molecule has 114 valence electrons. The monoisotopic (exact) mass is 311 g/mol. The third-order valence-corrected chi connectivity index (χ3v) is 5.06. The summed E-state index contributed by atoms with van der Waals surface area (Å²) in [5.74, 6) is 1.41. The molecular formula is C12H17N5O3S. The van der Waals surface area contributed by atoms with Gasteiger partial charge in [-0.05, 0) is 18.9 Å². The number of nitrogens with zero attached hydrogens (tertiary/aromatic N) is 5. The van der Waals surface area contributed by atoms with E-state index in [1.54, 1.807) is 23.8 Å². The topological polar surface area (TPSA) is 89.7 Å². The van der Waals surface area contributed by atoms with Crippen LogP contribution in [0, 0.1) is 0 Å². The van der Waals surface area contributed by atoms with E-state index < -0.39 is 10.0 Å². The highest BCUT2D eigenvalue weighted by Gasteiger charge is 2.28. The Morgan fingerprint density at radius 3 is 2.57 bits per heavy atom. The van der Waals surface area contributed by atoms with Crippen LogP contribution in [0.3, 0.4) is 0 Å². The molecule has 0 aromatic carbocycles. The fourth-order valence-corrected chi connectivity index (χ4v) is 3.47. The molecule has 1 saturated heterocycles. The summed E-state index contributed by atoms with van der Waals surface area (Å²) in [6.45, 7) is 1.00. The molecule has 0 bridgehead atoms. The van der Waals surface area contributed by atoms with Crippen molar-refractivity contribution in [2.75, 3.05) is 26.5 Å².